The standard InChI is InChI=1S/C32H41N5O5/c1-19(2)27-28(38)33-20(3)29(39)37-17-7-8-25(36-37)30(40)42-21(4)24-12-11-23-10-9-22(18-26(23)34-24)13-16-32(31(41)35-27)14-5-6-15-32/h9-13,16,18-21,25,27,36H,5-8,14-15,17H2,1-4H3,(H,33,38)(H,35,41)/b16-13+/t20-,21+,25-,27-/m0/s1. The van der Waals surface area contributed by atoms with Gasteiger partial charge >= 0.3 is 5.97 Å². The molecule has 3 heterocycles. The smallest absolute Gasteiger partial charge is 0.325 e. The van der Waals surface area contributed by atoms with Crippen molar-refractivity contribution in [2.75, 3.05) is 6.54 Å². The zero-order valence-electron chi connectivity index (χ0n) is 24.8. The van der Waals surface area contributed by atoms with Gasteiger partial charge in [-0.2, -0.15) is 0 Å². The van der Waals surface area contributed by atoms with Crippen molar-refractivity contribution in [2.45, 2.75) is 90.4 Å². The number of fused-ring (bicyclic) bond motifs is 4. The lowest BCUT2D eigenvalue weighted by Gasteiger charge is -2.35. The Morgan fingerprint density at radius 2 is 1.74 bits per heavy atom. The summed E-state index contributed by atoms with van der Waals surface area (Å²) in [6.45, 7) is 7.52. The molecule has 1 saturated carbocycles. The first-order valence-electron chi connectivity index (χ1n) is 15.1. The van der Waals surface area contributed by atoms with E-state index in [1.54, 1.807) is 13.8 Å². The molecule has 1 spiro atoms. The molecule has 1 aliphatic carbocycles. The Kier molecular flexibility index (Phi) is 8.63. The number of carbonyl (C=O) groups excluding carboxylic acids is 4. The lowest BCUT2D eigenvalue weighted by atomic mass is 9.83. The summed E-state index contributed by atoms with van der Waals surface area (Å²) in [6, 6.07) is 7.36. The Bertz CT molecular complexity index is 1400. The van der Waals surface area contributed by atoms with Crippen LogP contribution in [0.15, 0.2) is 36.4 Å². The number of nitrogens with one attached hydrogen (secondary N) is 3. The van der Waals surface area contributed by atoms with Crippen LogP contribution in [0.5, 0.6) is 0 Å². The number of hydrogen-bond acceptors (Lipinski definition) is 7. The first kappa shape index (κ1) is 29.7. The maximum absolute atomic E-state index is 13.8. The van der Waals surface area contributed by atoms with Crippen molar-refractivity contribution < 1.29 is 23.9 Å². The summed E-state index contributed by atoms with van der Waals surface area (Å²) in [7, 11) is 0. The van der Waals surface area contributed by atoms with E-state index in [1.165, 1.54) is 5.01 Å². The van der Waals surface area contributed by atoms with Crippen LogP contribution in [0.2, 0.25) is 0 Å². The van der Waals surface area contributed by atoms with Crippen LogP contribution in [0.3, 0.4) is 0 Å². The van der Waals surface area contributed by atoms with Gasteiger partial charge in [-0.25, -0.2) is 10.4 Å². The summed E-state index contributed by atoms with van der Waals surface area (Å²) in [6.07, 6.45) is 7.67. The molecule has 1 aromatic heterocycles. The number of carbonyl (C=O) groups is 4. The fourth-order valence-corrected chi connectivity index (χ4v) is 6.06. The van der Waals surface area contributed by atoms with Gasteiger partial charge in [0.1, 0.15) is 24.2 Å². The van der Waals surface area contributed by atoms with Gasteiger partial charge in [0.25, 0.3) is 5.91 Å². The van der Waals surface area contributed by atoms with E-state index < -0.39 is 41.5 Å². The molecule has 2 aromatic rings. The number of hydrazine groups is 1. The number of amides is 3. The maximum Gasteiger partial charge on any atom is 0.325 e. The van der Waals surface area contributed by atoms with Gasteiger partial charge in [-0.15, -0.1) is 0 Å². The van der Waals surface area contributed by atoms with Crippen molar-refractivity contribution >= 4 is 40.7 Å². The zero-order valence-corrected chi connectivity index (χ0v) is 24.8. The minimum atomic E-state index is -0.867. The second kappa shape index (κ2) is 12.2. The van der Waals surface area contributed by atoms with Crippen molar-refractivity contribution in [1.29, 1.82) is 0 Å². The summed E-state index contributed by atoms with van der Waals surface area (Å²) in [5, 5.41) is 8.14. The van der Waals surface area contributed by atoms with Crippen LogP contribution < -0.4 is 16.1 Å². The third-order valence-electron chi connectivity index (χ3n) is 8.69. The minimum absolute atomic E-state index is 0.179. The molecule has 2 fully saturated rings. The number of hydrogen-bond donors (Lipinski definition) is 3. The molecule has 10 heteroatoms. The topological polar surface area (TPSA) is 130 Å². The molecule has 1 aromatic carbocycles. The summed E-state index contributed by atoms with van der Waals surface area (Å²) in [5.74, 6) is -1.63. The van der Waals surface area contributed by atoms with E-state index in [4.69, 9.17) is 9.72 Å². The molecule has 4 atom stereocenters. The van der Waals surface area contributed by atoms with E-state index in [9.17, 15) is 19.2 Å². The number of cyclic esters (lactones) is 1. The van der Waals surface area contributed by atoms with Crippen LogP contribution in [-0.4, -0.2) is 58.4 Å². The molecule has 42 heavy (non-hydrogen) atoms. The Morgan fingerprint density at radius 3 is 2.48 bits per heavy atom. The molecule has 3 N–H and O–H groups in total. The quantitative estimate of drug-likeness (QED) is 0.444. The molecule has 2 aliphatic heterocycles. The summed E-state index contributed by atoms with van der Waals surface area (Å²) < 4.78 is 5.78. The van der Waals surface area contributed by atoms with Gasteiger partial charge in [0.05, 0.1) is 16.6 Å². The maximum atomic E-state index is 13.8. The number of aromatic nitrogens is 1. The van der Waals surface area contributed by atoms with Gasteiger partial charge in [0.15, 0.2) is 0 Å². The molecule has 5 bridgehead atoms. The predicted octanol–water partition coefficient (Wildman–Crippen LogP) is 3.57. The van der Waals surface area contributed by atoms with Gasteiger partial charge in [0, 0.05) is 11.9 Å². The van der Waals surface area contributed by atoms with Crippen molar-refractivity contribution in [3.05, 3.63) is 47.7 Å². The molecule has 5 rings (SSSR count). The van der Waals surface area contributed by atoms with Crippen LogP contribution in [0, 0.1) is 11.3 Å². The highest BCUT2D eigenvalue weighted by Crippen LogP contribution is 2.40. The molecule has 224 valence electrons. The van der Waals surface area contributed by atoms with Gasteiger partial charge in [0.2, 0.25) is 11.8 Å². The van der Waals surface area contributed by atoms with Crippen LogP contribution in [0.25, 0.3) is 17.0 Å². The first-order valence-corrected chi connectivity index (χ1v) is 15.1. The fourth-order valence-electron chi connectivity index (χ4n) is 6.06. The van der Waals surface area contributed by atoms with E-state index in [-0.39, 0.29) is 17.7 Å². The van der Waals surface area contributed by atoms with Gasteiger partial charge in [-0.3, -0.25) is 24.2 Å². The fraction of sp³-hybridized carbons (Fsp3) is 0.531. The molecule has 0 radical (unpaired) electrons. The highest BCUT2D eigenvalue weighted by molar-refractivity contribution is 5.94. The average Bonchev–Trinajstić information content (AvgIpc) is 3.47. The minimum Gasteiger partial charge on any atom is -0.455 e. The van der Waals surface area contributed by atoms with E-state index in [1.807, 2.05) is 56.3 Å². The molecule has 3 aliphatic rings. The SMILES string of the molecule is CC(C)[C@@H]1NC(=O)C2(/C=C/c3ccc4ccc(nc4c3)[C@@H](C)OC(=O)[C@@H]3CCCN(N3)C(=O)[C@H](C)NC1=O)CCCC2. The van der Waals surface area contributed by atoms with Crippen molar-refractivity contribution in [2.24, 2.45) is 11.3 Å². The third kappa shape index (κ3) is 6.18. The summed E-state index contributed by atoms with van der Waals surface area (Å²) in [5.41, 5.74) is 4.54. The van der Waals surface area contributed by atoms with Crippen molar-refractivity contribution in [1.82, 2.24) is 26.1 Å². The highest BCUT2D eigenvalue weighted by atomic mass is 16.5. The highest BCUT2D eigenvalue weighted by Gasteiger charge is 2.41. The zero-order chi connectivity index (χ0) is 30.0. The Balaban J connectivity index is 1.52. The summed E-state index contributed by atoms with van der Waals surface area (Å²) in [4.78, 5) is 58.4. The Morgan fingerprint density at radius 1 is 1.00 bits per heavy atom. The number of benzene rings is 1. The van der Waals surface area contributed by atoms with E-state index in [0.717, 1.165) is 29.3 Å². The number of nitrogens with zero attached hydrogens (tertiary/aromatic N) is 2. The van der Waals surface area contributed by atoms with Gasteiger partial charge < -0.3 is 15.4 Å². The average molecular weight is 576 g/mol. The largest absolute Gasteiger partial charge is 0.455 e. The predicted molar refractivity (Wildman–Crippen MR) is 158 cm³/mol. The van der Waals surface area contributed by atoms with Crippen LogP contribution in [0.1, 0.15) is 83.6 Å². The number of pyridine rings is 1. The Labute approximate surface area is 246 Å². The second-order valence-corrected chi connectivity index (χ2v) is 12.2. The molecular formula is C32H41N5O5. The number of esters is 1. The Hall–Kier alpha value is -3.79. The van der Waals surface area contributed by atoms with Crippen LogP contribution in [-0.2, 0) is 23.9 Å². The molecule has 10 nitrogen and oxygen atoms in total. The van der Waals surface area contributed by atoms with Crippen LogP contribution >= 0.6 is 0 Å². The summed E-state index contributed by atoms with van der Waals surface area (Å²) >= 11 is 0. The number of ether oxygens (including phenoxy) is 1. The van der Waals surface area contributed by atoms with E-state index in [0.29, 0.717) is 37.9 Å². The molecule has 1 saturated heterocycles. The lowest BCUT2D eigenvalue weighted by molar-refractivity contribution is -0.157. The third-order valence-corrected chi connectivity index (χ3v) is 8.69. The lowest BCUT2D eigenvalue weighted by Crippen LogP contribution is -2.61. The number of rotatable bonds is 1. The second-order valence-electron chi connectivity index (χ2n) is 12.2. The van der Waals surface area contributed by atoms with E-state index >= 15 is 0 Å². The van der Waals surface area contributed by atoms with Gasteiger partial charge in [-0.1, -0.05) is 57.0 Å². The normalized spacial score (nSPS) is 28.1. The molecule has 0 unspecified atom stereocenters. The monoisotopic (exact) mass is 575 g/mol. The van der Waals surface area contributed by atoms with Crippen molar-refractivity contribution in [3.8, 4) is 0 Å². The molecular weight excluding hydrogens is 534 g/mol. The molecule has 3 amide bonds. The van der Waals surface area contributed by atoms with Crippen molar-refractivity contribution in [3.63, 3.8) is 0 Å². The van der Waals surface area contributed by atoms with E-state index in [2.05, 4.69) is 16.1 Å². The first-order chi connectivity index (χ1) is 20.1. The van der Waals surface area contributed by atoms with Crippen LogP contribution in [0.4, 0.5) is 0 Å². The van der Waals surface area contributed by atoms with Gasteiger partial charge in [-0.05, 0) is 63.1 Å².